The Morgan fingerprint density at radius 3 is 2.36 bits per heavy atom. The molecule has 0 aliphatic heterocycles. The average molecular weight is 234 g/mol. The monoisotopic (exact) mass is 233 g/mol. The van der Waals surface area contributed by atoms with Crippen molar-refractivity contribution in [2.45, 2.75) is 6.36 Å². The minimum absolute atomic E-state index is 0.431. The lowest BCUT2D eigenvalue weighted by atomic mass is 10.4. The number of pyridine rings is 1. The van der Waals surface area contributed by atoms with Gasteiger partial charge in [0.05, 0.1) is 5.02 Å². The van der Waals surface area contributed by atoms with Crippen molar-refractivity contribution < 1.29 is 26.7 Å². The largest absolute Gasteiger partial charge is 0.574 e. The first-order valence-electron chi connectivity index (χ1n) is 3.07. The van der Waals surface area contributed by atoms with Crippen LogP contribution < -0.4 is 4.74 Å². The first kappa shape index (κ1) is 11.0. The Morgan fingerprint density at radius 2 is 1.86 bits per heavy atom. The zero-order chi connectivity index (χ0) is 10.9. The molecule has 1 aromatic heterocycles. The van der Waals surface area contributed by atoms with Gasteiger partial charge in [-0.1, -0.05) is 11.6 Å². The molecule has 78 valence electrons. The van der Waals surface area contributed by atoms with Crippen molar-refractivity contribution in [1.29, 1.82) is 0 Å². The molecule has 2 nitrogen and oxygen atoms in total. The maximum atomic E-state index is 12.7. The number of halogens is 6. The van der Waals surface area contributed by atoms with Gasteiger partial charge in [-0.3, -0.25) is 0 Å². The molecule has 1 heterocycles. The highest BCUT2D eigenvalue weighted by Gasteiger charge is 2.34. The summed E-state index contributed by atoms with van der Waals surface area (Å²) in [6, 6.07) is 0.431. The van der Waals surface area contributed by atoms with Crippen LogP contribution in [0.3, 0.4) is 0 Å². The van der Waals surface area contributed by atoms with E-state index in [1.165, 1.54) is 0 Å². The molecule has 0 aliphatic carbocycles. The molecule has 0 aliphatic rings. The second-order valence-electron chi connectivity index (χ2n) is 2.09. The predicted octanol–water partition coefficient (Wildman–Crippen LogP) is 2.91. The SMILES string of the molecule is Fc1cc(Cl)c(F)c(OC(F)(F)F)n1. The van der Waals surface area contributed by atoms with E-state index in [0.29, 0.717) is 6.07 Å². The Morgan fingerprint density at radius 1 is 1.29 bits per heavy atom. The van der Waals surface area contributed by atoms with Gasteiger partial charge in [0.2, 0.25) is 11.8 Å². The fraction of sp³-hybridized carbons (Fsp3) is 0.167. The average Bonchev–Trinajstić information content (AvgIpc) is 1.96. The molecule has 0 saturated carbocycles. The highest BCUT2D eigenvalue weighted by molar-refractivity contribution is 6.30. The van der Waals surface area contributed by atoms with Crippen LogP contribution in [0.15, 0.2) is 6.07 Å². The van der Waals surface area contributed by atoms with Crippen LogP contribution in [0, 0.1) is 11.8 Å². The van der Waals surface area contributed by atoms with E-state index in [0.717, 1.165) is 0 Å². The molecule has 1 rings (SSSR count). The van der Waals surface area contributed by atoms with E-state index in [1.807, 2.05) is 0 Å². The van der Waals surface area contributed by atoms with Gasteiger partial charge in [-0.05, 0) is 0 Å². The molecule has 0 unspecified atom stereocenters. The zero-order valence-electron chi connectivity index (χ0n) is 6.20. The quantitative estimate of drug-likeness (QED) is 0.550. The van der Waals surface area contributed by atoms with Crippen LogP contribution in [0.1, 0.15) is 0 Å². The number of alkyl halides is 3. The lowest BCUT2D eigenvalue weighted by Crippen LogP contribution is -2.19. The third kappa shape index (κ3) is 2.69. The summed E-state index contributed by atoms with van der Waals surface area (Å²) >= 11 is 5.05. The molecule has 0 saturated heterocycles. The Balaban J connectivity index is 3.09. The van der Waals surface area contributed by atoms with Gasteiger partial charge in [0.15, 0.2) is 0 Å². The molecule has 0 bridgehead atoms. The van der Waals surface area contributed by atoms with Gasteiger partial charge in [0.25, 0.3) is 5.88 Å². The molecule has 8 heteroatoms. The molecular weight excluding hydrogens is 233 g/mol. The summed E-state index contributed by atoms with van der Waals surface area (Å²) in [5.41, 5.74) is 0. The number of hydrogen-bond donors (Lipinski definition) is 0. The Hall–Kier alpha value is -1.11. The number of aromatic nitrogens is 1. The van der Waals surface area contributed by atoms with E-state index in [1.54, 1.807) is 0 Å². The topological polar surface area (TPSA) is 22.1 Å². The summed E-state index contributed by atoms with van der Waals surface area (Å²) in [5.74, 6) is -4.47. The van der Waals surface area contributed by atoms with E-state index in [-0.39, 0.29) is 0 Å². The number of ether oxygens (including phenoxy) is 1. The third-order valence-corrected chi connectivity index (χ3v) is 1.34. The molecule has 0 aromatic carbocycles. The molecule has 0 N–H and O–H groups in total. The summed E-state index contributed by atoms with van der Waals surface area (Å²) in [6.07, 6.45) is -5.15. The molecule has 0 spiro atoms. The smallest absolute Gasteiger partial charge is 0.384 e. The molecule has 0 amide bonds. The lowest BCUT2D eigenvalue weighted by molar-refractivity contribution is -0.277. The van der Waals surface area contributed by atoms with E-state index >= 15 is 0 Å². The molecule has 14 heavy (non-hydrogen) atoms. The summed E-state index contributed by atoms with van der Waals surface area (Å²) in [7, 11) is 0. The fourth-order valence-corrected chi connectivity index (χ4v) is 0.797. The van der Waals surface area contributed by atoms with Gasteiger partial charge in [0.1, 0.15) is 0 Å². The van der Waals surface area contributed by atoms with E-state index in [4.69, 9.17) is 11.6 Å². The minimum Gasteiger partial charge on any atom is -0.384 e. The molecular formula is C6HClF5NO. The van der Waals surface area contributed by atoms with Crippen molar-refractivity contribution in [1.82, 2.24) is 4.98 Å². The van der Waals surface area contributed by atoms with Crippen LogP contribution in [-0.4, -0.2) is 11.3 Å². The van der Waals surface area contributed by atoms with Crippen LogP contribution in [0.2, 0.25) is 5.02 Å². The van der Waals surface area contributed by atoms with Crippen molar-refractivity contribution in [2.24, 2.45) is 0 Å². The van der Waals surface area contributed by atoms with Crippen molar-refractivity contribution in [3.63, 3.8) is 0 Å². The number of rotatable bonds is 1. The highest BCUT2D eigenvalue weighted by atomic mass is 35.5. The van der Waals surface area contributed by atoms with Gasteiger partial charge in [-0.25, -0.2) is 0 Å². The molecule has 1 aromatic rings. The molecule has 0 atom stereocenters. The van der Waals surface area contributed by atoms with Crippen molar-refractivity contribution >= 4 is 11.6 Å². The Kier molecular flexibility index (Phi) is 2.79. The van der Waals surface area contributed by atoms with Crippen LogP contribution >= 0.6 is 11.6 Å². The van der Waals surface area contributed by atoms with Crippen molar-refractivity contribution in [3.05, 3.63) is 22.9 Å². The summed E-state index contributed by atoms with van der Waals surface area (Å²) in [6.45, 7) is 0. The van der Waals surface area contributed by atoms with Crippen LogP contribution in [0.5, 0.6) is 5.88 Å². The maximum absolute atomic E-state index is 12.7. The van der Waals surface area contributed by atoms with Gasteiger partial charge < -0.3 is 4.74 Å². The predicted molar refractivity (Wildman–Crippen MR) is 35.8 cm³/mol. The summed E-state index contributed by atoms with van der Waals surface area (Å²) < 4.78 is 63.0. The first-order chi connectivity index (χ1) is 6.29. The number of hydrogen-bond acceptors (Lipinski definition) is 2. The van der Waals surface area contributed by atoms with Crippen LogP contribution in [-0.2, 0) is 0 Å². The molecule has 0 radical (unpaired) electrons. The van der Waals surface area contributed by atoms with Crippen LogP contribution in [0.4, 0.5) is 22.0 Å². The van der Waals surface area contributed by atoms with Gasteiger partial charge in [0, 0.05) is 6.07 Å². The van der Waals surface area contributed by atoms with Gasteiger partial charge >= 0.3 is 6.36 Å². The first-order valence-corrected chi connectivity index (χ1v) is 3.44. The minimum atomic E-state index is -5.15. The zero-order valence-corrected chi connectivity index (χ0v) is 6.96. The van der Waals surface area contributed by atoms with Gasteiger partial charge in [-0.2, -0.15) is 13.8 Å². The van der Waals surface area contributed by atoms with Crippen LogP contribution in [0.25, 0.3) is 0 Å². The van der Waals surface area contributed by atoms with Gasteiger partial charge in [-0.15, -0.1) is 13.2 Å². The highest BCUT2D eigenvalue weighted by Crippen LogP contribution is 2.27. The summed E-state index contributed by atoms with van der Waals surface area (Å²) in [5, 5.41) is -0.836. The normalized spacial score (nSPS) is 11.6. The number of nitrogens with zero attached hydrogens (tertiary/aromatic N) is 1. The van der Waals surface area contributed by atoms with E-state index < -0.39 is 29.0 Å². The van der Waals surface area contributed by atoms with Crippen molar-refractivity contribution in [3.8, 4) is 5.88 Å². The van der Waals surface area contributed by atoms with E-state index in [2.05, 4.69) is 9.72 Å². The third-order valence-electron chi connectivity index (χ3n) is 1.06. The molecule has 0 fully saturated rings. The fourth-order valence-electron chi connectivity index (χ4n) is 0.626. The van der Waals surface area contributed by atoms with E-state index in [9.17, 15) is 22.0 Å². The second kappa shape index (κ2) is 3.56. The Bertz CT molecular complexity index is 353. The standard InChI is InChI=1S/C6HClF5NO/c7-2-1-3(8)13-5(4(2)9)14-6(10,11)12/h1H. The maximum Gasteiger partial charge on any atom is 0.574 e. The summed E-state index contributed by atoms with van der Waals surface area (Å²) in [4.78, 5) is 2.55. The van der Waals surface area contributed by atoms with Crippen molar-refractivity contribution in [2.75, 3.05) is 0 Å². The Labute approximate surface area is 79.3 Å². The lowest BCUT2D eigenvalue weighted by Gasteiger charge is -2.08. The second-order valence-corrected chi connectivity index (χ2v) is 2.50.